The predicted molar refractivity (Wildman–Crippen MR) is 132 cm³/mol. The lowest BCUT2D eigenvalue weighted by Crippen LogP contribution is -2.54. The maximum atomic E-state index is 13.3. The van der Waals surface area contributed by atoms with Crippen molar-refractivity contribution in [2.75, 3.05) is 6.54 Å². The van der Waals surface area contributed by atoms with Gasteiger partial charge in [0.1, 0.15) is 16.6 Å². The molecular weight excluding hydrogens is 494 g/mol. The van der Waals surface area contributed by atoms with Crippen LogP contribution in [0.3, 0.4) is 0 Å². The predicted octanol–water partition coefficient (Wildman–Crippen LogP) is 4.31. The number of hydrogen-bond acceptors (Lipinski definition) is 6. The summed E-state index contributed by atoms with van der Waals surface area (Å²) in [5, 5.41) is 23.6. The Morgan fingerprint density at radius 2 is 2.11 bits per heavy atom. The van der Waals surface area contributed by atoms with Gasteiger partial charge in [-0.2, -0.15) is 8.78 Å². The molecule has 1 saturated carbocycles. The Bertz CT molecular complexity index is 1090. The molecule has 1 amide bonds. The molecule has 2 aromatic heterocycles. The monoisotopic (exact) mass is 528 g/mol. The molecule has 36 heavy (non-hydrogen) atoms. The lowest BCUT2D eigenvalue weighted by Gasteiger charge is -2.39. The summed E-state index contributed by atoms with van der Waals surface area (Å²) in [5.41, 5.74) is -0.985. The molecule has 0 radical (unpaired) electrons. The van der Waals surface area contributed by atoms with Crippen molar-refractivity contribution in [3.05, 3.63) is 34.5 Å². The second-order valence-corrected chi connectivity index (χ2v) is 11.2. The quantitative estimate of drug-likeness (QED) is 0.471. The number of rotatable bonds is 8. The Morgan fingerprint density at radius 1 is 1.42 bits per heavy atom. The van der Waals surface area contributed by atoms with E-state index in [9.17, 15) is 23.8 Å². The van der Waals surface area contributed by atoms with Crippen LogP contribution in [0.1, 0.15) is 75.8 Å². The average Bonchev–Trinajstić information content (AvgIpc) is 3.10. The highest BCUT2D eigenvalue weighted by Gasteiger charge is 2.40. The van der Waals surface area contributed by atoms with E-state index in [1.54, 1.807) is 13.1 Å². The van der Waals surface area contributed by atoms with E-state index in [-0.39, 0.29) is 40.3 Å². The Balaban J connectivity index is 1.92. The molecule has 0 aromatic carbocycles. The number of nitrogens with one attached hydrogen (secondary N) is 1. The van der Waals surface area contributed by atoms with Gasteiger partial charge in [0.25, 0.3) is 5.91 Å². The molecule has 1 aliphatic carbocycles. The van der Waals surface area contributed by atoms with Gasteiger partial charge < -0.3 is 20.3 Å². The minimum Gasteiger partial charge on any atom is -0.431 e. The van der Waals surface area contributed by atoms with E-state index in [1.807, 2.05) is 27.7 Å². The summed E-state index contributed by atoms with van der Waals surface area (Å²) in [6, 6.07) is 1.50. The number of carbonyl (C=O) groups excluding carboxylic acids is 1. The normalized spacial score (nSPS) is 22.6. The highest BCUT2D eigenvalue weighted by atomic mass is 35.5. The van der Waals surface area contributed by atoms with Crippen LogP contribution in [0.2, 0.25) is 5.15 Å². The number of ether oxygens (including phenoxy) is 1. The molecule has 0 bridgehead atoms. The lowest BCUT2D eigenvalue weighted by atomic mass is 9.77. The highest BCUT2D eigenvalue weighted by molar-refractivity contribution is 6.32. The van der Waals surface area contributed by atoms with E-state index in [1.165, 1.54) is 10.6 Å². The fourth-order valence-electron chi connectivity index (χ4n) is 4.48. The van der Waals surface area contributed by atoms with Crippen LogP contribution >= 0.6 is 11.6 Å². The van der Waals surface area contributed by atoms with Crippen LogP contribution in [0.5, 0.6) is 5.75 Å². The summed E-state index contributed by atoms with van der Waals surface area (Å²) in [7, 11) is 0. The number of aliphatic hydroxyl groups is 2. The second kappa shape index (κ2) is 11.0. The zero-order chi connectivity index (χ0) is 26.8. The first kappa shape index (κ1) is 28.3. The number of alkyl halides is 2. The molecule has 0 unspecified atom stereocenters. The highest BCUT2D eigenvalue weighted by Crippen LogP contribution is 2.34. The van der Waals surface area contributed by atoms with E-state index in [2.05, 4.69) is 15.3 Å². The van der Waals surface area contributed by atoms with Crippen molar-refractivity contribution in [2.24, 2.45) is 11.3 Å². The molecule has 3 rings (SSSR count). The smallest absolute Gasteiger partial charge is 0.387 e. The lowest BCUT2D eigenvalue weighted by molar-refractivity contribution is -0.106. The molecule has 1 fully saturated rings. The Labute approximate surface area is 215 Å². The summed E-state index contributed by atoms with van der Waals surface area (Å²) in [6.45, 7) is 6.57. The molecule has 2 heterocycles. The standard InChI is InChI=1S/C25H35ClF2N4O4/c1-6-18-31-19(22(34)30-13-25(35)8-7-14(2)9-17(25)33)20(26)32(18)21-16(36-23(27)28)10-15(12-29-21)11-24(3,4)5/h10,12,14,17,23,33,35H,6-9,11,13H2,1-5H3,(H,30,34)/t14-,17-,25-/m1/s1. The van der Waals surface area contributed by atoms with E-state index in [4.69, 9.17) is 16.3 Å². The van der Waals surface area contributed by atoms with Crippen molar-refractivity contribution in [3.8, 4) is 11.6 Å². The second-order valence-electron chi connectivity index (χ2n) is 10.8. The number of carbonyl (C=O) groups is 1. The number of halogens is 3. The van der Waals surface area contributed by atoms with Gasteiger partial charge in [0, 0.05) is 19.2 Å². The summed E-state index contributed by atoms with van der Waals surface area (Å²) in [4.78, 5) is 21.6. The van der Waals surface area contributed by atoms with Gasteiger partial charge in [0.05, 0.1) is 6.10 Å². The summed E-state index contributed by atoms with van der Waals surface area (Å²) in [5.74, 6) is -0.239. The summed E-state index contributed by atoms with van der Waals surface area (Å²) < 4.78 is 32.6. The Kier molecular flexibility index (Phi) is 8.63. The molecule has 11 heteroatoms. The minimum atomic E-state index is -3.09. The molecule has 2 aromatic rings. The zero-order valence-electron chi connectivity index (χ0n) is 21.3. The molecule has 0 saturated heterocycles. The van der Waals surface area contributed by atoms with Crippen LogP contribution in [-0.2, 0) is 12.8 Å². The third kappa shape index (κ3) is 6.52. The number of aryl methyl sites for hydroxylation is 1. The van der Waals surface area contributed by atoms with Crippen LogP contribution in [0.25, 0.3) is 5.82 Å². The van der Waals surface area contributed by atoms with Crippen molar-refractivity contribution in [2.45, 2.75) is 85.0 Å². The van der Waals surface area contributed by atoms with Gasteiger partial charge in [-0.05, 0) is 48.6 Å². The van der Waals surface area contributed by atoms with Crippen molar-refractivity contribution in [1.29, 1.82) is 0 Å². The molecule has 8 nitrogen and oxygen atoms in total. The number of pyridine rings is 1. The molecule has 0 spiro atoms. The van der Waals surface area contributed by atoms with E-state index >= 15 is 0 Å². The van der Waals surface area contributed by atoms with Gasteiger partial charge in [-0.1, -0.05) is 46.2 Å². The van der Waals surface area contributed by atoms with E-state index < -0.39 is 24.2 Å². The van der Waals surface area contributed by atoms with Crippen molar-refractivity contribution < 1.29 is 28.5 Å². The third-order valence-electron chi connectivity index (χ3n) is 6.34. The fourth-order valence-corrected chi connectivity index (χ4v) is 4.79. The Morgan fingerprint density at radius 3 is 2.69 bits per heavy atom. The van der Waals surface area contributed by atoms with E-state index in [0.29, 0.717) is 37.1 Å². The van der Waals surface area contributed by atoms with E-state index in [0.717, 1.165) is 6.42 Å². The zero-order valence-corrected chi connectivity index (χ0v) is 22.1. The first-order chi connectivity index (χ1) is 16.7. The van der Waals surface area contributed by atoms with Gasteiger partial charge in [-0.25, -0.2) is 9.97 Å². The van der Waals surface area contributed by atoms with Crippen LogP contribution in [0.4, 0.5) is 8.78 Å². The molecule has 3 N–H and O–H groups in total. The largest absolute Gasteiger partial charge is 0.431 e. The molecule has 0 aliphatic heterocycles. The van der Waals surface area contributed by atoms with Gasteiger partial charge in [0.2, 0.25) is 0 Å². The van der Waals surface area contributed by atoms with Gasteiger partial charge in [-0.3, -0.25) is 9.36 Å². The fraction of sp³-hybridized carbons (Fsp3) is 0.640. The van der Waals surface area contributed by atoms with Crippen molar-refractivity contribution >= 4 is 17.5 Å². The number of amides is 1. The molecule has 200 valence electrons. The SMILES string of the molecule is CCc1nc(C(=O)NC[C@]2(O)CC[C@@H](C)C[C@H]2O)c(Cl)n1-c1ncc(CC(C)(C)C)cc1OC(F)F. The van der Waals surface area contributed by atoms with Crippen LogP contribution in [0, 0.1) is 11.3 Å². The molecule has 1 aliphatic rings. The number of nitrogens with zero attached hydrogens (tertiary/aromatic N) is 3. The van der Waals surface area contributed by atoms with Crippen LogP contribution in [0.15, 0.2) is 12.3 Å². The van der Waals surface area contributed by atoms with Crippen molar-refractivity contribution in [3.63, 3.8) is 0 Å². The first-order valence-corrected chi connectivity index (χ1v) is 12.5. The van der Waals surface area contributed by atoms with Crippen molar-refractivity contribution in [1.82, 2.24) is 19.9 Å². The summed E-state index contributed by atoms with van der Waals surface area (Å²) >= 11 is 6.54. The van der Waals surface area contributed by atoms with Gasteiger partial charge in [-0.15, -0.1) is 0 Å². The molecule has 3 atom stereocenters. The molecular formula is C25H35ClF2N4O4. The van der Waals surface area contributed by atoms with Crippen LogP contribution in [-0.4, -0.2) is 55.5 Å². The third-order valence-corrected chi connectivity index (χ3v) is 6.69. The topological polar surface area (TPSA) is 110 Å². The minimum absolute atomic E-state index is 0.00308. The Hall–Kier alpha value is -2.30. The number of aliphatic hydroxyl groups excluding tert-OH is 1. The summed E-state index contributed by atoms with van der Waals surface area (Å²) in [6.07, 6.45) is 3.01. The average molecular weight is 529 g/mol. The number of hydrogen-bond donors (Lipinski definition) is 3. The number of aromatic nitrogens is 3. The van der Waals surface area contributed by atoms with Gasteiger partial charge >= 0.3 is 6.61 Å². The maximum absolute atomic E-state index is 13.3. The number of imidazole rings is 1. The maximum Gasteiger partial charge on any atom is 0.387 e. The van der Waals surface area contributed by atoms with Crippen LogP contribution < -0.4 is 10.1 Å². The first-order valence-electron chi connectivity index (χ1n) is 12.1. The van der Waals surface area contributed by atoms with Gasteiger partial charge in [0.15, 0.2) is 17.3 Å².